The average Bonchev–Trinajstić information content (AvgIpc) is 3.68. The first kappa shape index (κ1) is 30.0. The second-order valence-electron chi connectivity index (χ2n) is 10.4. The van der Waals surface area contributed by atoms with E-state index in [4.69, 9.17) is 24.6 Å². The first-order valence-electron chi connectivity index (χ1n) is 13.6. The molecule has 14 nitrogen and oxygen atoms in total. The fourth-order valence-corrected chi connectivity index (χ4v) is 6.06. The van der Waals surface area contributed by atoms with Crippen LogP contribution < -0.4 is 15.6 Å². The Kier molecular flexibility index (Phi) is 8.85. The van der Waals surface area contributed by atoms with E-state index in [9.17, 15) is 14.5 Å². The summed E-state index contributed by atoms with van der Waals surface area (Å²) in [7, 11) is -1.59. The lowest BCUT2D eigenvalue weighted by Gasteiger charge is -2.24. The Balaban J connectivity index is 1.35. The van der Waals surface area contributed by atoms with Crippen molar-refractivity contribution >= 4 is 37.1 Å². The molecule has 1 saturated carbocycles. The highest BCUT2D eigenvalue weighted by molar-refractivity contribution is 7.36. The number of alkyl halides is 1. The van der Waals surface area contributed by atoms with E-state index in [1.807, 2.05) is 0 Å². The third kappa shape index (κ3) is 6.01. The van der Waals surface area contributed by atoms with Crippen LogP contribution in [-0.2, 0) is 23.7 Å². The average molecular weight is 607 g/mol. The quantitative estimate of drug-likeness (QED) is 0.165. The van der Waals surface area contributed by atoms with Gasteiger partial charge in [-0.25, -0.2) is 13.9 Å². The highest BCUT2D eigenvalue weighted by atomic mass is 31.1. The Labute approximate surface area is 242 Å². The van der Waals surface area contributed by atoms with Crippen LogP contribution in [-0.4, -0.2) is 79.1 Å². The van der Waals surface area contributed by atoms with Crippen molar-refractivity contribution in [2.24, 2.45) is 0 Å². The summed E-state index contributed by atoms with van der Waals surface area (Å²) in [6, 6.07) is 7.34. The predicted octanol–water partition coefficient (Wildman–Crippen LogP) is 3.28. The molecule has 0 amide bonds. The van der Waals surface area contributed by atoms with E-state index in [-0.39, 0.29) is 23.4 Å². The van der Waals surface area contributed by atoms with E-state index < -0.39 is 50.9 Å². The molecule has 2 aromatic heterocycles. The number of carbonyl (C=O) groups is 1. The van der Waals surface area contributed by atoms with Gasteiger partial charge in [0.25, 0.3) is 0 Å². The molecule has 0 radical (unpaired) electrons. The van der Waals surface area contributed by atoms with Gasteiger partial charge in [0.2, 0.25) is 5.95 Å². The van der Waals surface area contributed by atoms with Crippen LogP contribution in [0.1, 0.15) is 45.8 Å². The molecule has 3 aromatic rings. The first-order chi connectivity index (χ1) is 20.1. The fraction of sp³-hybridized carbons (Fsp3) is 0.538. The summed E-state index contributed by atoms with van der Waals surface area (Å²) in [5, 5.41) is 14.3. The standard InChI is InChI=1S/C26H34FN7O7P/c1-15(23(36)38-3)34(42(37)41-17-11-5-4-6-12-17)39-13-18-20(35)26(2,27)24(40-18)33-14-29-19-21(30-16-9-7-8-10-16)31-25(28)32-22(19)33/h4-6,11-12,14-16,18,20,24,35H,7-10,13H2,1-3H3,(H3,28,30,31,32)/q+1/t15-,18+,20+,24+,26+/m0/s1. The number of nitrogen functional groups attached to an aromatic ring is 1. The van der Waals surface area contributed by atoms with Crippen LogP contribution >= 0.6 is 8.18 Å². The first-order valence-corrected chi connectivity index (χ1v) is 14.7. The summed E-state index contributed by atoms with van der Waals surface area (Å²) >= 11 is 0. The zero-order valence-corrected chi connectivity index (χ0v) is 24.3. The van der Waals surface area contributed by atoms with Crippen molar-refractivity contribution in [2.75, 3.05) is 24.8 Å². The van der Waals surface area contributed by atoms with E-state index in [2.05, 4.69) is 20.3 Å². The Morgan fingerprint density at radius 3 is 2.74 bits per heavy atom. The zero-order valence-electron chi connectivity index (χ0n) is 23.4. The lowest BCUT2D eigenvalue weighted by Crippen LogP contribution is -2.42. The van der Waals surface area contributed by atoms with Gasteiger partial charge in [-0.1, -0.05) is 31.0 Å². The van der Waals surface area contributed by atoms with Gasteiger partial charge in [-0.2, -0.15) is 9.97 Å². The Morgan fingerprint density at radius 1 is 1.33 bits per heavy atom. The zero-order chi connectivity index (χ0) is 30.0. The van der Waals surface area contributed by atoms with Crippen molar-refractivity contribution in [1.29, 1.82) is 0 Å². The maximum absolute atomic E-state index is 16.1. The summed E-state index contributed by atoms with van der Waals surface area (Å²) in [4.78, 5) is 31.7. The van der Waals surface area contributed by atoms with E-state index >= 15 is 4.39 Å². The number of nitrogens with zero attached hydrogens (tertiary/aromatic N) is 5. The molecular formula is C26H34FN7O7P+. The molecule has 3 heterocycles. The second kappa shape index (κ2) is 12.4. The molecule has 42 heavy (non-hydrogen) atoms. The number of hydrogen-bond acceptors (Lipinski definition) is 12. The Bertz CT molecular complexity index is 1420. The van der Waals surface area contributed by atoms with Crippen molar-refractivity contribution in [3.63, 3.8) is 0 Å². The van der Waals surface area contributed by atoms with Gasteiger partial charge >= 0.3 is 14.1 Å². The molecular weight excluding hydrogens is 572 g/mol. The largest absolute Gasteiger partial charge is 0.693 e. The SMILES string of the molecule is COC(=O)[C@H](C)N(OC[C@H]1O[C@@H](n2cnc3c(NC4CCCC4)nc(N)nc32)[C@](C)(F)[C@@H]1O)[P+](=O)Oc1ccccc1. The van der Waals surface area contributed by atoms with Gasteiger partial charge < -0.3 is 25.6 Å². The van der Waals surface area contributed by atoms with Gasteiger partial charge in [-0.15, -0.1) is 0 Å². The van der Waals surface area contributed by atoms with Crippen molar-refractivity contribution in [3.05, 3.63) is 36.7 Å². The molecule has 1 saturated heterocycles. The Hall–Kier alpha value is -3.49. The third-order valence-electron chi connectivity index (χ3n) is 7.44. The molecule has 4 N–H and O–H groups in total. The van der Waals surface area contributed by atoms with Gasteiger partial charge in [-0.05, 0) is 38.8 Å². The van der Waals surface area contributed by atoms with Crippen LogP contribution in [0, 0.1) is 0 Å². The number of aliphatic hydroxyl groups is 1. The van der Waals surface area contributed by atoms with Crippen LogP contribution in [0.25, 0.3) is 11.2 Å². The smallest absolute Gasteiger partial charge is 0.468 e. The number of methoxy groups -OCH3 is 1. The number of hydrogen-bond donors (Lipinski definition) is 3. The molecule has 0 bridgehead atoms. The van der Waals surface area contributed by atoms with Gasteiger partial charge in [0.05, 0.1) is 18.3 Å². The normalized spacial score (nSPS) is 25.6. The summed E-state index contributed by atoms with van der Waals surface area (Å²) in [6.07, 6.45) is 1.24. The number of halogens is 1. The number of para-hydroxylation sites is 1. The van der Waals surface area contributed by atoms with Crippen LogP contribution in [0.4, 0.5) is 16.2 Å². The predicted molar refractivity (Wildman–Crippen MR) is 149 cm³/mol. The molecule has 0 spiro atoms. The van der Waals surface area contributed by atoms with Gasteiger partial charge in [0.15, 0.2) is 40.7 Å². The number of anilines is 2. The third-order valence-corrected chi connectivity index (χ3v) is 8.59. The second-order valence-corrected chi connectivity index (χ2v) is 11.5. The van der Waals surface area contributed by atoms with Crippen LogP contribution in [0.2, 0.25) is 0 Å². The number of ether oxygens (including phenoxy) is 2. The minimum absolute atomic E-state index is 0.0293. The summed E-state index contributed by atoms with van der Waals surface area (Å²) < 4.78 is 46.7. The molecule has 6 atom stereocenters. The maximum atomic E-state index is 16.1. The minimum Gasteiger partial charge on any atom is -0.468 e. The minimum atomic E-state index is -2.76. The molecule has 1 aliphatic carbocycles. The number of aliphatic hydroxyl groups excluding tert-OH is 1. The number of fused-ring (bicyclic) bond motifs is 1. The molecule has 1 unspecified atom stereocenters. The monoisotopic (exact) mass is 606 g/mol. The molecule has 16 heteroatoms. The van der Waals surface area contributed by atoms with E-state index in [1.54, 1.807) is 30.3 Å². The van der Waals surface area contributed by atoms with Crippen LogP contribution in [0.5, 0.6) is 5.75 Å². The topological polar surface area (TPSA) is 176 Å². The van der Waals surface area contributed by atoms with Gasteiger partial charge in [0, 0.05) is 10.6 Å². The van der Waals surface area contributed by atoms with Crippen molar-refractivity contribution in [2.45, 2.75) is 75.7 Å². The molecule has 1 aliphatic heterocycles. The van der Waals surface area contributed by atoms with Crippen LogP contribution in [0.3, 0.4) is 0 Å². The molecule has 5 rings (SSSR count). The molecule has 2 aliphatic rings. The summed E-state index contributed by atoms with van der Waals surface area (Å²) in [5.74, 6) is -0.0664. The highest BCUT2D eigenvalue weighted by Crippen LogP contribution is 2.43. The van der Waals surface area contributed by atoms with Gasteiger partial charge in [-0.3, -0.25) is 14.2 Å². The summed E-state index contributed by atoms with van der Waals surface area (Å²) in [6.45, 7) is 2.11. The summed E-state index contributed by atoms with van der Waals surface area (Å²) in [5.41, 5.74) is 4.27. The van der Waals surface area contributed by atoms with E-state index in [0.717, 1.165) is 30.5 Å². The van der Waals surface area contributed by atoms with E-state index in [1.165, 1.54) is 31.9 Å². The number of rotatable bonds is 11. The molecule has 226 valence electrons. The van der Waals surface area contributed by atoms with Crippen molar-refractivity contribution < 1.29 is 37.7 Å². The number of benzene rings is 1. The number of nitrogens with two attached hydrogens (primary N) is 1. The number of nitrogens with one attached hydrogen (secondary N) is 1. The molecule has 2 fully saturated rings. The highest BCUT2D eigenvalue weighted by Gasteiger charge is 2.56. The number of esters is 1. The van der Waals surface area contributed by atoms with E-state index in [0.29, 0.717) is 11.3 Å². The fourth-order valence-electron chi connectivity index (χ4n) is 5.14. The molecule has 1 aromatic carbocycles. The number of carbonyl (C=O) groups excluding carboxylic acids is 1. The number of hydroxylamine groups is 1. The van der Waals surface area contributed by atoms with Crippen LogP contribution in [0.15, 0.2) is 36.7 Å². The van der Waals surface area contributed by atoms with Crippen molar-refractivity contribution in [1.82, 2.24) is 24.4 Å². The Morgan fingerprint density at radius 2 is 2.05 bits per heavy atom. The maximum Gasteiger partial charge on any atom is 0.693 e. The number of aromatic nitrogens is 4. The number of imidazole rings is 1. The van der Waals surface area contributed by atoms with Crippen molar-refractivity contribution in [3.8, 4) is 5.75 Å². The lowest BCUT2D eigenvalue weighted by atomic mass is 9.98. The van der Waals surface area contributed by atoms with Gasteiger partial charge in [0.1, 0.15) is 18.8 Å². The lowest BCUT2D eigenvalue weighted by molar-refractivity contribution is -0.179.